The normalized spacial score (nSPS) is 21.0. The molecule has 0 aliphatic carbocycles. The number of nitrogens with one attached hydrogen (secondary N) is 2. The van der Waals surface area contributed by atoms with Crippen LogP contribution in [0.1, 0.15) is 57.7 Å². The van der Waals surface area contributed by atoms with Crippen LogP contribution in [-0.4, -0.2) is 71.5 Å². The van der Waals surface area contributed by atoms with Crippen molar-refractivity contribution < 1.29 is 37.0 Å². The van der Waals surface area contributed by atoms with Gasteiger partial charge in [0.2, 0.25) is 5.91 Å². The monoisotopic (exact) mass is 728 g/mol. The van der Waals surface area contributed by atoms with E-state index in [0.717, 1.165) is 34.1 Å². The lowest BCUT2D eigenvalue weighted by molar-refractivity contribution is -0.135. The number of hydrogen-bond donors (Lipinski definition) is 2. The van der Waals surface area contributed by atoms with Crippen molar-refractivity contribution in [2.24, 2.45) is 5.92 Å². The number of carbonyl (C=O) groups excluding carboxylic acids is 3. The molecule has 2 unspecified atom stereocenters. The molecule has 3 amide bonds. The van der Waals surface area contributed by atoms with Gasteiger partial charge in [0.05, 0.1) is 10.8 Å². The molecule has 0 spiro atoms. The molecule has 3 heterocycles. The van der Waals surface area contributed by atoms with Crippen LogP contribution in [0.25, 0.3) is 10.8 Å². The van der Waals surface area contributed by atoms with Gasteiger partial charge in [-0.05, 0) is 62.3 Å². The number of rotatable bonds is 15. The summed E-state index contributed by atoms with van der Waals surface area (Å²) in [7, 11) is -3.96. The SMILES string of the molecule is CC(C)[C@H](NC(=O)OC1(NC(=O)[C@@H](N2C(=O)C2Oc2cccc3cnccc23)C(C)(C)S(C)(=O)=O)O[C@H]1CCCc1ccccc1)c1ccccc1. The van der Waals surface area contributed by atoms with Crippen molar-refractivity contribution in [3.8, 4) is 5.75 Å². The number of benzene rings is 3. The summed E-state index contributed by atoms with van der Waals surface area (Å²) in [5.41, 5.74) is 1.98. The Kier molecular flexibility index (Phi) is 10.3. The molecule has 4 aromatic rings. The number of aromatic nitrogens is 1. The van der Waals surface area contributed by atoms with Crippen LogP contribution in [-0.2, 0) is 35.3 Å². The van der Waals surface area contributed by atoms with E-state index in [-0.39, 0.29) is 5.92 Å². The third kappa shape index (κ3) is 7.75. The van der Waals surface area contributed by atoms with Gasteiger partial charge in [0.15, 0.2) is 15.9 Å². The van der Waals surface area contributed by atoms with Gasteiger partial charge in [-0.15, -0.1) is 0 Å². The summed E-state index contributed by atoms with van der Waals surface area (Å²) in [6.07, 6.45) is 3.23. The van der Waals surface area contributed by atoms with Gasteiger partial charge in [0.25, 0.3) is 12.1 Å². The van der Waals surface area contributed by atoms with Crippen molar-refractivity contribution in [2.75, 3.05) is 6.26 Å². The summed E-state index contributed by atoms with van der Waals surface area (Å²) >= 11 is 0. The fourth-order valence-electron chi connectivity index (χ4n) is 6.46. The number of epoxide rings is 1. The first-order valence-electron chi connectivity index (χ1n) is 17.3. The summed E-state index contributed by atoms with van der Waals surface area (Å²) in [5.74, 6) is -2.99. The lowest BCUT2D eigenvalue weighted by atomic mass is 9.96. The van der Waals surface area contributed by atoms with Crippen molar-refractivity contribution in [2.45, 2.75) is 82.0 Å². The second-order valence-corrected chi connectivity index (χ2v) is 16.8. The Balaban J connectivity index is 1.25. The third-order valence-electron chi connectivity index (χ3n) is 9.77. The predicted octanol–water partition coefficient (Wildman–Crippen LogP) is 5.29. The van der Waals surface area contributed by atoms with E-state index in [0.29, 0.717) is 24.0 Å². The highest BCUT2D eigenvalue weighted by Crippen LogP contribution is 2.42. The lowest BCUT2D eigenvalue weighted by Gasteiger charge is -2.33. The summed E-state index contributed by atoms with van der Waals surface area (Å²) in [6.45, 7) is 6.67. The summed E-state index contributed by atoms with van der Waals surface area (Å²) < 4.78 is 42.6. The first kappa shape index (κ1) is 36.8. The average Bonchev–Trinajstić information content (AvgIpc) is 3.97. The number of carbonyl (C=O) groups is 3. The molecule has 0 bridgehead atoms. The van der Waals surface area contributed by atoms with Gasteiger partial charge >= 0.3 is 12.0 Å². The Hall–Kier alpha value is -5.01. The van der Waals surface area contributed by atoms with E-state index in [9.17, 15) is 22.8 Å². The van der Waals surface area contributed by atoms with Gasteiger partial charge in [-0.2, -0.15) is 0 Å². The summed E-state index contributed by atoms with van der Waals surface area (Å²) in [4.78, 5) is 46.5. The minimum absolute atomic E-state index is 0.00849. The zero-order valence-electron chi connectivity index (χ0n) is 29.8. The van der Waals surface area contributed by atoms with E-state index in [2.05, 4.69) is 15.6 Å². The molecular formula is C39H44N4O8S. The minimum atomic E-state index is -3.96. The van der Waals surface area contributed by atoms with Crippen molar-refractivity contribution >= 4 is 38.5 Å². The first-order valence-corrected chi connectivity index (χ1v) is 19.2. The van der Waals surface area contributed by atoms with Gasteiger partial charge in [-0.3, -0.25) is 24.8 Å². The number of sulfone groups is 1. The number of amides is 3. The highest BCUT2D eigenvalue weighted by atomic mass is 32.2. The van der Waals surface area contributed by atoms with E-state index < -0.39 is 62.8 Å². The summed E-state index contributed by atoms with van der Waals surface area (Å²) in [5, 5.41) is 7.08. The van der Waals surface area contributed by atoms with E-state index in [1.807, 2.05) is 80.6 Å². The maximum atomic E-state index is 14.4. The largest absolute Gasteiger partial charge is 0.460 e. The molecule has 2 saturated heterocycles. The smallest absolute Gasteiger partial charge is 0.411 e. The Morgan fingerprint density at radius 3 is 2.37 bits per heavy atom. The maximum Gasteiger partial charge on any atom is 0.411 e. The maximum absolute atomic E-state index is 14.4. The van der Waals surface area contributed by atoms with Crippen molar-refractivity contribution in [1.82, 2.24) is 20.5 Å². The Morgan fingerprint density at radius 2 is 1.69 bits per heavy atom. The highest BCUT2D eigenvalue weighted by Gasteiger charge is 2.66. The van der Waals surface area contributed by atoms with Crippen LogP contribution in [0.3, 0.4) is 0 Å². The van der Waals surface area contributed by atoms with E-state index in [1.165, 1.54) is 13.8 Å². The minimum Gasteiger partial charge on any atom is -0.460 e. The average molecular weight is 729 g/mol. The molecule has 13 heteroatoms. The van der Waals surface area contributed by atoms with Gasteiger partial charge in [0, 0.05) is 29.4 Å². The van der Waals surface area contributed by atoms with Gasteiger partial charge in [-0.25, -0.2) is 13.2 Å². The molecule has 274 valence electrons. The number of ether oxygens (including phenoxy) is 3. The highest BCUT2D eigenvalue weighted by molar-refractivity contribution is 7.92. The number of pyridine rings is 1. The molecule has 1 aromatic heterocycles. The van der Waals surface area contributed by atoms with Crippen LogP contribution in [0.15, 0.2) is 97.3 Å². The van der Waals surface area contributed by atoms with Crippen LogP contribution in [0.2, 0.25) is 0 Å². The van der Waals surface area contributed by atoms with Crippen molar-refractivity contribution in [3.05, 3.63) is 108 Å². The molecule has 6 rings (SSSR count). The molecule has 0 radical (unpaired) electrons. The lowest BCUT2D eigenvalue weighted by Crippen LogP contribution is -2.60. The van der Waals surface area contributed by atoms with E-state index in [4.69, 9.17) is 14.2 Å². The second kappa shape index (κ2) is 14.5. The molecule has 3 aromatic carbocycles. The molecule has 52 heavy (non-hydrogen) atoms. The van der Waals surface area contributed by atoms with Gasteiger partial charge < -0.3 is 19.5 Å². The topological polar surface area (TPSA) is 156 Å². The zero-order valence-corrected chi connectivity index (χ0v) is 30.6. The Labute approximate surface area is 303 Å². The van der Waals surface area contributed by atoms with Gasteiger partial charge in [0.1, 0.15) is 11.8 Å². The number of fused-ring (bicyclic) bond motifs is 1. The third-order valence-corrected chi connectivity index (χ3v) is 11.9. The van der Waals surface area contributed by atoms with Crippen LogP contribution in [0.5, 0.6) is 5.75 Å². The fraction of sp³-hybridized carbons (Fsp3) is 0.385. The quantitative estimate of drug-likeness (QED) is 0.123. The van der Waals surface area contributed by atoms with Crippen molar-refractivity contribution in [1.29, 1.82) is 0 Å². The predicted molar refractivity (Wildman–Crippen MR) is 194 cm³/mol. The van der Waals surface area contributed by atoms with Crippen LogP contribution >= 0.6 is 0 Å². The summed E-state index contributed by atoms with van der Waals surface area (Å²) in [6, 6.07) is 24.3. The molecule has 12 nitrogen and oxygen atoms in total. The van der Waals surface area contributed by atoms with Crippen molar-refractivity contribution in [3.63, 3.8) is 0 Å². The number of hydrogen-bond acceptors (Lipinski definition) is 9. The molecule has 2 aliphatic heterocycles. The number of nitrogens with zero attached hydrogens (tertiary/aromatic N) is 2. The van der Waals surface area contributed by atoms with Gasteiger partial charge in [-0.1, -0.05) is 86.6 Å². The van der Waals surface area contributed by atoms with E-state index >= 15 is 0 Å². The molecular weight excluding hydrogens is 685 g/mol. The van der Waals surface area contributed by atoms with Crippen LogP contribution in [0.4, 0.5) is 4.79 Å². The zero-order chi connectivity index (χ0) is 37.3. The standard InChI is InChI=1S/C39H44N4O8S/c1-25(2)32(27-17-10-7-11-18-27)41-37(46)51-39(31(50-39)21-12-16-26-14-8-6-9-15-26)42-34(44)33(38(3,4)52(5,47)48)43-35(45)36(43)49-30-20-13-19-28-24-40-23-22-29(28)30/h6-11,13-15,17-20,22-25,31-33,36H,12,16,21H2,1-5H3,(H,41,46)(H,42,44)/t31-,32-,33+,36?,39?,43?/m0/s1. The van der Waals surface area contributed by atoms with Crippen LogP contribution in [0, 0.1) is 5.92 Å². The Morgan fingerprint density at radius 1 is 1.00 bits per heavy atom. The molecule has 0 saturated carbocycles. The fourth-order valence-corrected chi connectivity index (χ4v) is 7.08. The second-order valence-electron chi connectivity index (χ2n) is 14.2. The molecule has 5 atom stereocenters. The van der Waals surface area contributed by atoms with Crippen LogP contribution < -0.4 is 15.4 Å². The molecule has 2 aliphatic rings. The number of aryl methyl sites for hydroxylation is 1. The Bertz CT molecular complexity index is 2040. The molecule has 2 N–H and O–H groups in total. The number of alkyl carbamates (subject to hydrolysis) is 1. The molecule has 2 fully saturated rings. The van der Waals surface area contributed by atoms with E-state index in [1.54, 1.807) is 30.6 Å². The first-order chi connectivity index (χ1) is 24.7.